The predicted octanol–water partition coefficient (Wildman–Crippen LogP) is 4.89. The molecule has 0 spiro atoms. The summed E-state index contributed by atoms with van der Waals surface area (Å²) in [4.78, 5) is 1.19. The Morgan fingerprint density at radius 2 is 1.71 bits per heavy atom. The number of rotatable bonds is 5. The highest BCUT2D eigenvalue weighted by Gasteiger charge is 2.25. The lowest BCUT2D eigenvalue weighted by molar-refractivity contribution is 0.573. The highest BCUT2D eigenvalue weighted by Crippen LogP contribution is 2.29. The van der Waals surface area contributed by atoms with Gasteiger partial charge in [-0.2, -0.15) is 4.72 Å². The summed E-state index contributed by atoms with van der Waals surface area (Å²) in [5, 5.41) is 1.95. The molecule has 1 unspecified atom stereocenters. The topological polar surface area (TPSA) is 46.2 Å². The van der Waals surface area contributed by atoms with Gasteiger partial charge >= 0.3 is 0 Å². The number of hydrogen-bond donors (Lipinski definition) is 1. The Morgan fingerprint density at radius 3 is 2.33 bits per heavy atom. The van der Waals surface area contributed by atoms with Crippen molar-refractivity contribution in [2.24, 2.45) is 0 Å². The molecule has 1 heterocycles. The van der Waals surface area contributed by atoms with Gasteiger partial charge in [0.2, 0.25) is 10.0 Å². The largest absolute Gasteiger partial charge is 0.242 e. The van der Waals surface area contributed by atoms with Gasteiger partial charge in [-0.05, 0) is 52.0 Å². The van der Waals surface area contributed by atoms with Gasteiger partial charge in [0.25, 0.3) is 0 Å². The summed E-state index contributed by atoms with van der Waals surface area (Å²) in [6.45, 7) is 2.01. The van der Waals surface area contributed by atoms with Crippen molar-refractivity contribution in [3.05, 3.63) is 86.5 Å². The van der Waals surface area contributed by atoms with Crippen LogP contribution in [0.15, 0.2) is 75.4 Å². The zero-order valence-corrected chi connectivity index (χ0v) is 16.2. The summed E-state index contributed by atoms with van der Waals surface area (Å²) >= 11 is 4.85. The van der Waals surface area contributed by atoms with Crippen molar-refractivity contribution in [1.29, 1.82) is 0 Å². The first-order chi connectivity index (χ1) is 11.5. The second kappa shape index (κ2) is 7.19. The SMILES string of the molecule is Cc1ccc(C(NS(=O)(=O)c2ccccc2Br)c2cccs2)cc1. The number of benzene rings is 2. The van der Waals surface area contributed by atoms with E-state index in [0.29, 0.717) is 4.47 Å². The van der Waals surface area contributed by atoms with Crippen LogP contribution in [0.4, 0.5) is 0 Å². The minimum atomic E-state index is -3.66. The standard InChI is InChI=1S/C18H16BrNO2S2/c1-13-8-10-14(11-9-13)18(16-6-4-12-23-16)20-24(21,22)17-7-3-2-5-15(17)19/h2-12,18,20H,1H3. The van der Waals surface area contributed by atoms with E-state index in [0.717, 1.165) is 16.0 Å². The predicted molar refractivity (Wildman–Crippen MR) is 102 cm³/mol. The van der Waals surface area contributed by atoms with Crippen molar-refractivity contribution < 1.29 is 8.42 Å². The fourth-order valence-electron chi connectivity index (χ4n) is 2.39. The minimum absolute atomic E-state index is 0.235. The molecule has 3 nitrogen and oxygen atoms in total. The summed E-state index contributed by atoms with van der Waals surface area (Å²) < 4.78 is 29.1. The molecule has 0 fully saturated rings. The van der Waals surface area contributed by atoms with Crippen LogP contribution in [0.3, 0.4) is 0 Å². The molecular weight excluding hydrogens is 406 g/mol. The van der Waals surface area contributed by atoms with Gasteiger partial charge in [-0.3, -0.25) is 0 Å². The van der Waals surface area contributed by atoms with E-state index in [1.54, 1.807) is 24.3 Å². The molecule has 0 saturated heterocycles. The van der Waals surface area contributed by atoms with Crippen LogP contribution in [0.2, 0.25) is 0 Å². The van der Waals surface area contributed by atoms with Gasteiger partial charge in [-0.1, -0.05) is 48.0 Å². The highest BCUT2D eigenvalue weighted by atomic mass is 79.9. The number of thiophene rings is 1. The first kappa shape index (κ1) is 17.4. The molecule has 0 aliphatic rings. The number of sulfonamides is 1. The zero-order chi connectivity index (χ0) is 17.2. The molecule has 0 saturated carbocycles. The Balaban J connectivity index is 2.01. The molecule has 0 aliphatic heterocycles. The van der Waals surface area contributed by atoms with Crippen molar-refractivity contribution in [1.82, 2.24) is 4.72 Å². The summed E-state index contributed by atoms with van der Waals surface area (Å²) in [6.07, 6.45) is 0. The maximum Gasteiger partial charge on any atom is 0.242 e. The molecule has 1 aromatic heterocycles. The van der Waals surface area contributed by atoms with Crippen LogP contribution >= 0.6 is 27.3 Å². The van der Waals surface area contributed by atoms with Crippen molar-refractivity contribution in [2.45, 2.75) is 17.9 Å². The van der Waals surface area contributed by atoms with Crippen LogP contribution in [-0.4, -0.2) is 8.42 Å². The van der Waals surface area contributed by atoms with Crippen molar-refractivity contribution in [3.8, 4) is 0 Å². The maximum absolute atomic E-state index is 12.9. The smallest absolute Gasteiger partial charge is 0.207 e. The quantitative estimate of drug-likeness (QED) is 0.637. The molecule has 24 heavy (non-hydrogen) atoms. The molecule has 0 bridgehead atoms. The molecule has 3 aromatic rings. The highest BCUT2D eigenvalue weighted by molar-refractivity contribution is 9.10. The van der Waals surface area contributed by atoms with Crippen LogP contribution in [-0.2, 0) is 10.0 Å². The van der Waals surface area contributed by atoms with Gasteiger partial charge < -0.3 is 0 Å². The van der Waals surface area contributed by atoms with E-state index in [4.69, 9.17) is 0 Å². The fourth-order valence-corrected chi connectivity index (χ4v) is 5.47. The second-order valence-electron chi connectivity index (χ2n) is 5.41. The molecule has 0 amide bonds. The Hall–Kier alpha value is -1.47. The van der Waals surface area contributed by atoms with E-state index in [1.165, 1.54) is 11.3 Å². The molecule has 3 rings (SSSR count). The zero-order valence-electron chi connectivity index (χ0n) is 12.9. The molecule has 124 valence electrons. The van der Waals surface area contributed by atoms with Crippen LogP contribution in [0.1, 0.15) is 22.0 Å². The lowest BCUT2D eigenvalue weighted by atomic mass is 10.0. The van der Waals surface area contributed by atoms with E-state index in [9.17, 15) is 8.42 Å². The van der Waals surface area contributed by atoms with Crippen LogP contribution in [0.5, 0.6) is 0 Å². The number of aryl methyl sites for hydroxylation is 1. The van der Waals surface area contributed by atoms with Crippen molar-refractivity contribution >= 4 is 37.3 Å². The van der Waals surface area contributed by atoms with Crippen molar-refractivity contribution in [2.75, 3.05) is 0 Å². The average molecular weight is 422 g/mol. The normalized spacial score (nSPS) is 12.9. The van der Waals surface area contributed by atoms with Crippen LogP contribution < -0.4 is 4.72 Å². The van der Waals surface area contributed by atoms with E-state index in [2.05, 4.69) is 20.7 Å². The van der Waals surface area contributed by atoms with E-state index in [-0.39, 0.29) is 4.90 Å². The lowest BCUT2D eigenvalue weighted by Crippen LogP contribution is -2.29. The van der Waals surface area contributed by atoms with Gasteiger partial charge in [0, 0.05) is 9.35 Å². The summed E-state index contributed by atoms with van der Waals surface area (Å²) in [7, 11) is -3.66. The first-order valence-corrected chi connectivity index (χ1v) is 10.5. The average Bonchev–Trinajstić information content (AvgIpc) is 3.08. The van der Waals surface area contributed by atoms with Gasteiger partial charge in [0.1, 0.15) is 0 Å². The molecule has 0 radical (unpaired) electrons. The molecule has 0 aliphatic carbocycles. The molecular formula is C18H16BrNO2S2. The van der Waals surface area contributed by atoms with Gasteiger partial charge in [0.05, 0.1) is 10.9 Å². The molecule has 1 N–H and O–H groups in total. The van der Waals surface area contributed by atoms with Gasteiger partial charge in [-0.25, -0.2) is 8.42 Å². The Kier molecular flexibility index (Phi) is 5.20. The first-order valence-electron chi connectivity index (χ1n) is 7.34. The molecule has 1 atom stereocenters. The third-order valence-electron chi connectivity index (χ3n) is 3.64. The third kappa shape index (κ3) is 3.78. The number of halogens is 1. The lowest BCUT2D eigenvalue weighted by Gasteiger charge is -2.19. The number of nitrogens with one attached hydrogen (secondary N) is 1. The molecule has 6 heteroatoms. The van der Waals surface area contributed by atoms with Gasteiger partial charge in [0.15, 0.2) is 0 Å². The van der Waals surface area contributed by atoms with Gasteiger partial charge in [-0.15, -0.1) is 11.3 Å². The van der Waals surface area contributed by atoms with E-state index < -0.39 is 16.1 Å². The third-order valence-corrected chi connectivity index (χ3v) is 7.01. The Labute approximate surface area is 154 Å². The monoisotopic (exact) mass is 421 g/mol. The molecule has 2 aromatic carbocycles. The number of hydrogen-bond acceptors (Lipinski definition) is 3. The van der Waals surface area contributed by atoms with E-state index >= 15 is 0 Å². The maximum atomic E-state index is 12.9. The Morgan fingerprint density at radius 1 is 1.00 bits per heavy atom. The van der Waals surface area contributed by atoms with E-state index in [1.807, 2.05) is 48.7 Å². The summed E-state index contributed by atoms with van der Waals surface area (Å²) in [5.41, 5.74) is 2.05. The van der Waals surface area contributed by atoms with Crippen molar-refractivity contribution in [3.63, 3.8) is 0 Å². The summed E-state index contributed by atoms with van der Waals surface area (Å²) in [6, 6.07) is 18.2. The Bertz CT molecular complexity index is 920. The van der Waals surface area contributed by atoms with Crippen LogP contribution in [0.25, 0.3) is 0 Å². The minimum Gasteiger partial charge on any atom is -0.207 e. The fraction of sp³-hybridized carbons (Fsp3) is 0.111. The van der Waals surface area contributed by atoms with Crippen LogP contribution in [0, 0.1) is 6.92 Å². The second-order valence-corrected chi connectivity index (χ2v) is 8.93. The summed E-state index contributed by atoms with van der Waals surface area (Å²) in [5.74, 6) is 0.